The lowest BCUT2D eigenvalue weighted by atomic mass is 10.3. The highest BCUT2D eigenvalue weighted by molar-refractivity contribution is 5.90. The fourth-order valence-electron chi connectivity index (χ4n) is 1.43. The van der Waals surface area contributed by atoms with Crippen LogP contribution in [-0.4, -0.2) is 45.3 Å². The quantitative estimate of drug-likeness (QED) is 0.881. The van der Waals surface area contributed by atoms with Gasteiger partial charge in [0.25, 0.3) is 5.91 Å². The molecule has 0 aliphatic carbocycles. The fraction of sp³-hybridized carbons (Fsp3) is 0.700. The minimum absolute atomic E-state index is 0.0222. The summed E-state index contributed by atoms with van der Waals surface area (Å²) < 4.78 is 37.0. The molecule has 8 heteroatoms. The minimum Gasteiger partial charge on any atom is -0.327 e. The van der Waals surface area contributed by atoms with Gasteiger partial charge in [0.15, 0.2) is 0 Å². The Balaban J connectivity index is 2.81. The number of amides is 1. The molecular weight excluding hydrogens is 249 g/mol. The van der Waals surface area contributed by atoms with E-state index in [9.17, 15) is 18.0 Å². The third kappa shape index (κ3) is 4.01. The summed E-state index contributed by atoms with van der Waals surface area (Å²) in [6.45, 7) is 2.24. The molecule has 1 rings (SSSR count). The van der Waals surface area contributed by atoms with E-state index in [1.165, 1.54) is 0 Å². The van der Waals surface area contributed by atoms with Gasteiger partial charge in [-0.1, -0.05) is 13.8 Å². The third-order valence-electron chi connectivity index (χ3n) is 2.21. The number of nitrogens with one attached hydrogen (secondary N) is 1. The topological polar surface area (TPSA) is 61.9 Å². The molecule has 1 amide bonds. The van der Waals surface area contributed by atoms with Gasteiger partial charge in [-0.15, -0.1) is 5.10 Å². The van der Waals surface area contributed by atoms with Crippen LogP contribution in [0.5, 0.6) is 0 Å². The van der Waals surface area contributed by atoms with E-state index in [2.05, 4.69) is 15.2 Å². The van der Waals surface area contributed by atoms with Gasteiger partial charge in [-0.25, -0.2) is 4.98 Å². The van der Waals surface area contributed by atoms with Gasteiger partial charge in [0, 0.05) is 13.0 Å². The number of alkyl halides is 3. The molecule has 0 aliphatic rings. The number of hydrogen-bond donors (Lipinski definition) is 1. The van der Waals surface area contributed by atoms with Crippen LogP contribution in [-0.2, 0) is 6.42 Å². The fourth-order valence-corrected chi connectivity index (χ4v) is 1.43. The van der Waals surface area contributed by atoms with E-state index in [0.717, 1.165) is 0 Å². The van der Waals surface area contributed by atoms with Gasteiger partial charge in [-0.3, -0.25) is 9.89 Å². The molecule has 102 valence electrons. The van der Waals surface area contributed by atoms with Crippen molar-refractivity contribution in [3.05, 3.63) is 11.6 Å². The average molecular weight is 264 g/mol. The van der Waals surface area contributed by atoms with Gasteiger partial charge in [0.1, 0.15) is 12.4 Å². The third-order valence-corrected chi connectivity index (χ3v) is 2.21. The molecule has 1 N–H and O–H groups in total. The highest BCUT2D eigenvalue weighted by Gasteiger charge is 2.34. The normalized spacial score (nSPS) is 11.6. The van der Waals surface area contributed by atoms with E-state index < -0.39 is 18.6 Å². The van der Waals surface area contributed by atoms with Crippen molar-refractivity contribution in [1.82, 2.24) is 20.1 Å². The number of nitrogens with zero attached hydrogens (tertiary/aromatic N) is 3. The van der Waals surface area contributed by atoms with Gasteiger partial charge >= 0.3 is 6.18 Å². The van der Waals surface area contributed by atoms with Crippen molar-refractivity contribution >= 4 is 5.91 Å². The van der Waals surface area contributed by atoms with E-state index in [4.69, 9.17) is 0 Å². The summed E-state index contributed by atoms with van der Waals surface area (Å²) in [5, 5.41) is 6.13. The number of halogens is 3. The van der Waals surface area contributed by atoms with Crippen LogP contribution in [0.3, 0.4) is 0 Å². The maximum Gasteiger partial charge on any atom is 0.406 e. The summed E-state index contributed by atoms with van der Waals surface area (Å²) in [7, 11) is 0. The van der Waals surface area contributed by atoms with E-state index in [-0.39, 0.29) is 12.4 Å². The van der Waals surface area contributed by atoms with Crippen LogP contribution in [0.15, 0.2) is 0 Å². The van der Waals surface area contributed by atoms with E-state index in [1.54, 1.807) is 13.8 Å². The van der Waals surface area contributed by atoms with Crippen molar-refractivity contribution in [3.63, 3.8) is 0 Å². The lowest BCUT2D eigenvalue weighted by Crippen LogP contribution is -2.40. The van der Waals surface area contributed by atoms with Gasteiger partial charge in [0.05, 0.1) is 0 Å². The molecule has 5 nitrogen and oxygen atoms in total. The summed E-state index contributed by atoms with van der Waals surface area (Å²) in [6.07, 6.45) is -3.45. The Kier molecular flexibility index (Phi) is 4.69. The highest BCUT2D eigenvalue weighted by atomic mass is 19.4. The zero-order valence-corrected chi connectivity index (χ0v) is 10.2. The molecule has 0 atom stereocenters. The second kappa shape index (κ2) is 5.83. The Morgan fingerprint density at radius 2 is 2.06 bits per heavy atom. The molecule has 0 aromatic carbocycles. The van der Waals surface area contributed by atoms with Crippen LogP contribution >= 0.6 is 0 Å². The van der Waals surface area contributed by atoms with Crippen molar-refractivity contribution in [1.29, 1.82) is 0 Å². The number of carbonyl (C=O) groups is 1. The Labute approximate surface area is 102 Å². The number of aryl methyl sites for hydroxylation is 1. The molecule has 0 radical (unpaired) electrons. The van der Waals surface area contributed by atoms with E-state index in [0.29, 0.717) is 23.6 Å². The minimum atomic E-state index is -4.42. The van der Waals surface area contributed by atoms with Gasteiger partial charge in [-0.05, 0) is 6.42 Å². The molecule has 0 bridgehead atoms. The smallest absolute Gasteiger partial charge is 0.327 e. The molecule has 0 saturated carbocycles. The molecule has 0 fully saturated rings. The van der Waals surface area contributed by atoms with Gasteiger partial charge in [0.2, 0.25) is 5.82 Å². The van der Waals surface area contributed by atoms with Crippen molar-refractivity contribution in [2.45, 2.75) is 32.9 Å². The number of rotatable bonds is 5. The first-order valence-corrected chi connectivity index (χ1v) is 5.64. The van der Waals surface area contributed by atoms with Crippen LogP contribution in [0.4, 0.5) is 13.2 Å². The maximum absolute atomic E-state index is 12.3. The zero-order valence-electron chi connectivity index (χ0n) is 10.2. The van der Waals surface area contributed by atoms with Gasteiger partial charge in [-0.2, -0.15) is 13.2 Å². The molecule has 18 heavy (non-hydrogen) atoms. The SMILES string of the molecule is CCCN(CC(F)(F)F)C(=O)c1n[nH]c(CC)n1. The largest absolute Gasteiger partial charge is 0.406 e. The summed E-state index contributed by atoms with van der Waals surface area (Å²) >= 11 is 0. The monoisotopic (exact) mass is 264 g/mol. The zero-order chi connectivity index (χ0) is 13.8. The number of hydrogen-bond acceptors (Lipinski definition) is 3. The molecular formula is C10H15F3N4O. The molecule has 0 saturated heterocycles. The highest BCUT2D eigenvalue weighted by Crippen LogP contribution is 2.17. The van der Waals surface area contributed by atoms with Crippen LogP contribution in [0.25, 0.3) is 0 Å². The molecule has 1 aromatic heterocycles. The molecule has 0 aliphatic heterocycles. The molecule has 1 aromatic rings. The van der Waals surface area contributed by atoms with Crippen LogP contribution < -0.4 is 0 Å². The number of H-pyrrole nitrogens is 1. The first kappa shape index (κ1) is 14.5. The Morgan fingerprint density at radius 1 is 1.39 bits per heavy atom. The summed E-state index contributed by atoms with van der Waals surface area (Å²) in [6, 6.07) is 0. The van der Waals surface area contributed by atoms with Crippen molar-refractivity contribution < 1.29 is 18.0 Å². The van der Waals surface area contributed by atoms with Crippen LogP contribution in [0.1, 0.15) is 36.7 Å². The Hall–Kier alpha value is -1.60. The summed E-state index contributed by atoms with van der Waals surface area (Å²) in [5.74, 6) is -0.545. The average Bonchev–Trinajstić information content (AvgIpc) is 2.74. The number of aromatic amines is 1. The Bertz CT molecular complexity index is 402. The van der Waals surface area contributed by atoms with E-state index in [1.807, 2.05) is 0 Å². The standard InChI is InChI=1S/C10H15F3N4O/c1-3-5-17(6-10(11,12)13)9(18)8-14-7(4-2)15-16-8/h3-6H2,1-2H3,(H,14,15,16). The second-order valence-corrected chi connectivity index (χ2v) is 3.80. The second-order valence-electron chi connectivity index (χ2n) is 3.80. The van der Waals surface area contributed by atoms with Crippen LogP contribution in [0, 0.1) is 0 Å². The summed E-state index contributed by atoms with van der Waals surface area (Å²) in [4.78, 5) is 16.4. The first-order valence-electron chi connectivity index (χ1n) is 5.64. The van der Waals surface area contributed by atoms with Crippen molar-refractivity contribution in [3.8, 4) is 0 Å². The van der Waals surface area contributed by atoms with Gasteiger partial charge < -0.3 is 4.90 Å². The lowest BCUT2D eigenvalue weighted by Gasteiger charge is -2.21. The Morgan fingerprint density at radius 3 is 2.50 bits per heavy atom. The molecule has 1 heterocycles. The maximum atomic E-state index is 12.3. The molecule has 0 spiro atoms. The predicted molar refractivity (Wildman–Crippen MR) is 58.0 cm³/mol. The summed E-state index contributed by atoms with van der Waals surface area (Å²) in [5.41, 5.74) is 0. The van der Waals surface area contributed by atoms with Crippen molar-refractivity contribution in [2.24, 2.45) is 0 Å². The van der Waals surface area contributed by atoms with Crippen LogP contribution in [0.2, 0.25) is 0 Å². The van der Waals surface area contributed by atoms with Crippen molar-refractivity contribution in [2.75, 3.05) is 13.1 Å². The lowest BCUT2D eigenvalue weighted by molar-refractivity contribution is -0.140. The predicted octanol–water partition coefficient (Wildman–Crippen LogP) is 1.78. The molecule has 0 unspecified atom stereocenters. The number of aromatic nitrogens is 3. The number of carbonyl (C=O) groups excluding carboxylic acids is 1. The first-order chi connectivity index (χ1) is 8.37. The van der Waals surface area contributed by atoms with E-state index >= 15 is 0 Å².